The fourth-order valence-corrected chi connectivity index (χ4v) is 1.97. The molecule has 2 rings (SSSR count). The second-order valence-corrected chi connectivity index (χ2v) is 4.80. The van der Waals surface area contributed by atoms with Crippen molar-refractivity contribution >= 4 is 0 Å². The van der Waals surface area contributed by atoms with Crippen LogP contribution in [0.2, 0.25) is 0 Å². The van der Waals surface area contributed by atoms with Gasteiger partial charge in [-0.3, -0.25) is 5.84 Å². The monoisotopic (exact) mass is 260 g/mol. The van der Waals surface area contributed by atoms with E-state index in [1.807, 2.05) is 55.9 Å². The minimum absolute atomic E-state index is 0.142. The Bertz CT molecular complexity index is 536. The Morgan fingerprint density at radius 2 is 2.16 bits per heavy atom. The predicted molar refractivity (Wildman–Crippen MR) is 74.6 cm³/mol. The van der Waals surface area contributed by atoms with E-state index >= 15 is 0 Å². The van der Waals surface area contributed by atoms with Crippen molar-refractivity contribution in [3.05, 3.63) is 48.0 Å². The lowest BCUT2D eigenvalue weighted by atomic mass is 10.0. The smallest absolute Gasteiger partial charge is 0.120 e. The predicted octanol–water partition coefficient (Wildman–Crippen LogP) is 1.76. The topological polar surface area (TPSA) is 65.1 Å². The molecule has 1 heterocycles. The maximum absolute atomic E-state index is 5.70. The standard InChI is InChI=1S/C14H20N4O/c1-10(2)19-12-6-4-5-11(7-12)14(17-15)13-8-18(3)9-16-13/h4-10,14,17H,15H2,1-3H3. The number of rotatable bonds is 5. The number of ether oxygens (including phenoxy) is 1. The SMILES string of the molecule is CC(C)Oc1cccc(C(NN)c2cn(C)cn2)c1. The van der Waals surface area contributed by atoms with Gasteiger partial charge < -0.3 is 9.30 Å². The third-order valence-electron chi connectivity index (χ3n) is 2.75. The molecule has 1 unspecified atom stereocenters. The van der Waals surface area contributed by atoms with Crippen molar-refractivity contribution in [2.45, 2.75) is 26.0 Å². The molecule has 3 N–H and O–H groups in total. The van der Waals surface area contributed by atoms with E-state index in [2.05, 4.69) is 10.4 Å². The molecule has 19 heavy (non-hydrogen) atoms. The van der Waals surface area contributed by atoms with E-state index in [1.54, 1.807) is 6.33 Å². The number of imidazole rings is 1. The summed E-state index contributed by atoms with van der Waals surface area (Å²) in [6, 6.07) is 7.75. The van der Waals surface area contributed by atoms with Crippen LogP contribution < -0.4 is 16.0 Å². The van der Waals surface area contributed by atoms with Gasteiger partial charge in [0.15, 0.2) is 0 Å². The molecule has 102 valence electrons. The van der Waals surface area contributed by atoms with E-state index in [1.165, 1.54) is 0 Å². The molecule has 5 heteroatoms. The zero-order valence-electron chi connectivity index (χ0n) is 11.5. The van der Waals surface area contributed by atoms with Crippen LogP contribution in [0.3, 0.4) is 0 Å². The molecule has 0 aliphatic carbocycles. The minimum atomic E-state index is -0.142. The lowest BCUT2D eigenvalue weighted by Crippen LogP contribution is -2.29. The second kappa shape index (κ2) is 5.86. The van der Waals surface area contributed by atoms with Crippen LogP contribution in [0.15, 0.2) is 36.8 Å². The van der Waals surface area contributed by atoms with E-state index in [4.69, 9.17) is 10.6 Å². The lowest BCUT2D eigenvalue weighted by Gasteiger charge is -2.16. The largest absolute Gasteiger partial charge is 0.491 e. The summed E-state index contributed by atoms with van der Waals surface area (Å²) in [4.78, 5) is 4.33. The first-order valence-corrected chi connectivity index (χ1v) is 6.30. The minimum Gasteiger partial charge on any atom is -0.491 e. The number of hydrogen-bond donors (Lipinski definition) is 2. The summed E-state index contributed by atoms with van der Waals surface area (Å²) in [6.45, 7) is 4.01. The molecule has 5 nitrogen and oxygen atoms in total. The molecule has 0 amide bonds. The van der Waals surface area contributed by atoms with Gasteiger partial charge in [-0.15, -0.1) is 0 Å². The lowest BCUT2D eigenvalue weighted by molar-refractivity contribution is 0.242. The number of nitrogens with two attached hydrogens (primary N) is 1. The Labute approximate surface area is 113 Å². The van der Waals surface area contributed by atoms with Crippen LogP contribution in [0.25, 0.3) is 0 Å². The maximum Gasteiger partial charge on any atom is 0.120 e. The first kappa shape index (κ1) is 13.6. The van der Waals surface area contributed by atoms with Gasteiger partial charge in [-0.2, -0.15) is 0 Å². The van der Waals surface area contributed by atoms with Crippen LogP contribution in [-0.4, -0.2) is 15.7 Å². The van der Waals surface area contributed by atoms with Crippen LogP contribution in [0, 0.1) is 0 Å². The second-order valence-electron chi connectivity index (χ2n) is 4.80. The molecule has 2 aromatic rings. The summed E-state index contributed by atoms with van der Waals surface area (Å²) < 4.78 is 7.59. The van der Waals surface area contributed by atoms with Crippen molar-refractivity contribution in [3.8, 4) is 5.75 Å². The number of nitrogens with one attached hydrogen (secondary N) is 1. The van der Waals surface area contributed by atoms with E-state index in [-0.39, 0.29) is 12.1 Å². The van der Waals surface area contributed by atoms with Crippen molar-refractivity contribution in [3.63, 3.8) is 0 Å². The zero-order valence-corrected chi connectivity index (χ0v) is 11.5. The van der Waals surface area contributed by atoms with Gasteiger partial charge in [0.1, 0.15) is 5.75 Å². The molecule has 0 saturated carbocycles. The van der Waals surface area contributed by atoms with Gasteiger partial charge in [0.05, 0.1) is 24.2 Å². The number of hydrogen-bond acceptors (Lipinski definition) is 4. The Morgan fingerprint density at radius 3 is 2.74 bits per heavy atom. The normalized spacial score (nSPS) is 12.7. The summed E-state index contributed by atoms with van der Waals surface area (Å²) in [5.41, 5.74) is 4.71. The van der Waals surface area contributed by atoms with Gasteiger partial charge in [0.2, 0.25) is 0 Å². The average molecular weight is 260 g/mol. The van der Waals surface area contributed by atoms with E-state index in [9.17, 15) is 0 Å². The summed E-state index contributed by atoms with van der Waals surface area (Å²) >= 11 is 0. The summed E-state index contributed by atoms with van der Waals surface area (Å²) in [5.74, 6) is 6.49. The number of aryl methyl sites for hydroxylation is 1. The van der Waals surface area contributed by atoms with Gasteiger partial charge in [-0.25, -0.2) is 10.4 Å². The maximum atomic E-state index is 5.70. The number of hydrazine groups is 1. The fraction of sp³-hybridized carbons (Fsp3) is 0.357. The Morgan fingerprint density at radius 1 is 1.37 bits per heavy atom. The average Bonchev–Trinajstić information content (AvgIpc) is 2.76. The number of aromatic nitrogens is 2. The van der Waals surface area contributed by atoms with Crippen molar-refractivity contribution in [1.29, 1.82) is 0 Å². The highest BCUT2D eigenvalue weighted by Gasteiger charge is 2.15. The molecule has 0 spiro atoms. The highest BCUT2D eigenvalue weighted by Crippen LogP contribution is 2.24. The molecule has 0 aliphatic heterocycles. The van der Waals surface area contributed by atoms with Gasteiger partial charge in [0, 0.05) is 13.2 Å². The highest BCUT2D eigenvalue weighted by atomic mass is 16.5. The number of nitrogens with zero attached hydrogens (tertiary/aromatic N) is 2. The summed E-state index contributed by atoms with van der Waals surface area (Å²) in [7, 11) is 1.93. The molecule has 0 aliphatic rings. The zero-order chi connectivity index (χ0) is 13.8. The first-order valence-electron chi connectivity index (χ1n) is 6.30. The van der Waals surface area contributed by atoms with E-state index in [0.29, 0.717) is 0 Å². The van der Waals surface area contributed by atoms with Gasteiger partial charge in [0.25, 0.3) is 0 Å². The van der Waals surface area contributed by atoms with Gasteiger partial charge >= 0.3 is 0 Å². The van der Waals surface area contributed by atoms with Crippen LogP contribution in [0.1, 0.15) is 31.1 Å². The Balaban J connectivity index is 2.28. The van der Waals surface area contributed by atoms with Crippen LogP contribution >= 0.6 is 0 Å². The van der Waals surface area contributed by atoms with E-state index < -0.39 is 0 Å². The number of benzene rings is 1. The third kappa shape index (κ3) is 3.33. The first-order chi connectivity index (χ1) is 9.10. The van der Waals surface area contributed by atoms with Crippen LogP contribution in [0.4, 0.5) is 0 Å². The van der Waals surface area contributed by atoms with E-state index in [0.717, 1.165) is 17.0 Å². The van der Waals surface area contributed by atoms with Crippen LogP contribution in [0.5, 0.6) is 5.75 Å². The molecule has 0 fully saturated rings. The fourth-order valence-electron chi connectivity index (χ4n) is 1.97. The highest BCUT2D eigenvalue weighted by molar-refractivity contribution is 5.34. The van der Waals surface area contributed by atoms with Crippen molar-refractivity contribution in [2.24, 2.45) is 12.9 Å². The molecule has 0 radical (unpaired) electrons. The van der Waals surface area contributed by atoms with Crippen molar-refractivity contribution in [2.75, 3.05) is 0 Å². The molecule has 0 saturated heterocycles. The quantitative estimate of drug-likeness (QED) is 0.635. The van der Waals surface area contributed by atoms with Crippen LogP contribution in [-0.2, 0) is 7.05 Å². The molecule has 1 aromatic carbocycles. The Hall–Kier alpha value is -1.85. The molecule has 1 aromatic heterocycles. The summed E-state index contributed by atoms with van der Waals surface area (Å²) in [5, 5.41) is 0. The van der Waals surface area contributed by atoms with Gasteiger partial charge in [-0.05, 0) is 31.5 Å². The van der Waals surface area contributed by atoms with Crippen molar-refractivity contribution in [1.82, 2.24) is 15.0 Å². The Kier molecular flexibility index (Phi) is 4.19. The van der Waals surface area contributed by atoms with Crippen molar-refractivity contribution < 1.29 is 4.74 Å². The molecular weight excluding hydrogens is 240 g/mol. The molecular formula is C14H20N4O. The molecule has 1 atom stereocenters. The third-order valence-corrected chi connectivity index (χ3v) is 2.75. The molecule has 0 bridgehead atoms. The summed E-state index contributed by atoms with van der Waals surface area (Å²) in [6.07, 6.45) is 3.85. The van der Waals surface area contributed by atoms with Gasteiger partial charge in [-0.1, -0.05) is 12.1 Å².